The Hall–Kier alpha value is -2.82. The first-order chi connectivity index (χ1) is 11.0. The molecule has 0 aliphatic carbocycles. The van der Waals surface area contributed by atoms with Gasteiger partial charge in [0.05, 0.1) is 11.9 Å². The number of benzene rings is 2. The molecule has 0 N–H and O–H groups in total. The van der Waals surface area contributed by atoms with Crippen molar-refractivity contribution in [1.82, 2.24) is 4.57 Å². The van der Waals surface area contributed by atoms with Crippen LogP contribution in [0.3, 0.4) is 0 Å². The quantitative estimate of drug-likeness (QED) is 0.548. The molecule has 1 heterocycles. The van der Waals surface area contributed by atoms with Gasteiger partial charge in [0.25, 0.3) is 0 Å². The first-order valence-corrected chi connectivity index (χ1v) is 7.41. The Bertz CT molecular complexity index is 920. The van der Waals surface area contributed by atoms with Gasteiger partial charge in [0.1, 0.15) is 5.75 Å². The summed E-state index contributed by atoms with van der Waals surface area (Å²) in [6.07, 6.45) is 0.0941. The van der Waals surface area contributed by atoms with Crippen LogP contribution in [0.5, 0.6) is 5.75 Å². The van der Waals surface area contributed by atoms with Crippen LogP contribution in [0.25, 0.3) is 11.1 Å². The van der Waals surface area contributed by atoms with Crippen molar-refractivity contribution in [3.8, 4) is 5.75 Å². The van der Waals surface area contributed by atoms with Gasteiger partial charge in [0.15, 0.2) is 5.58 Å². The molecule has 0 fully saturated rings. The Balaban J connectivity index is 1.72. The predicted molar refractivity (Wildman–Crippen MR) is 86.6 cm³/mol. The zero-order valence-electron chi connectivity index (χ0n) is 13.0. The van der Waals surface area contributed by atoms with Gasteiger partial charge in [0, 0.05) is 6.54 Å². The molecule has 23 heavy (non-hydrogen) atoms. The molecule has 3 rings (SSSR count). The number of esters is 1. The summed E-state index contributed by atoms with van der Waals surface area (Å²) in [6.45, 7) is 4.05. The highest BCUT2D eigenvalue weighted by Crippen LogP contribution is 2.20. The van der Waals surface area contributed by atoms with Crippen LogP contribution < -0.4 is 10.5 Å². The van der Waals surface area contributed by atoms with E-state index in [-0.39, 0.29) is 18.9 Å². The molecular formula is C18H17NO4. The molecule has 0 bridgehead atoms. The number of aryl methyl sites for hydroxylation is 3. The number of carbonyl (C=O) groups excluding carboxylic acids is 1. The van der Waals surface area contributed by atoms with Crippen LogP contribution in [0.15, 0.2) is 51.7 Å². The highest BCUT2D eigenvalue weighted by atomic mass is 16.5. The summed E-state index contributed by atoms with van der Waals surface area (Å²) < 4.78 is 12.0. The third-order valence-electron chi connectivity index (χ3n) is 3.68. The average molecular weight is 311 g/mol. The molecule has 0 radical (unpaired) electrons. The number of hydrogen-bond donors (Lipinski definition) is 0. The number of oxazole rings is 1. The molecule has 0 atom stereocenters. The molecule has 0 aliphatic rings. The lowest BCUT2D eigenvalue weighted by Gasteiger charge is -2.08. The molecule has 0 saturated carbocycles. The van der Waals surface area contributed by atoms with Crippen LogP contribution in [-0.2, 0) is 11.3 Å². The van der Waals surface area contributed by atoms with Crippen molar-refractivity contribution in [3.63, 3.8) is 0 Å². The van der Waals surface area contributed by atoms with E-state index >= 15 is 0 Å². The molecule has 5 heteroatoms. The molecule has 0 aliphatic heterocycles. The van der Waals surface area contributed by atoms with E-state index in [0.717, 1.165) is 11.1 Å². The van der Waals surface area contributed by atoms with E-state index in [2.05, 4.69) is 0 Å². The number of rotatable bonds is 4. The van der Waals surface area contributed by atoms with Gasteiger partial charge in [-0.3, -0.25) is 9.36 Å². The van der Waals surface area contributed by atoms with Crippen molar-refractivity contribution < 1.29 is 13.9 Å². The fourth-order valence-electron chi connectivity index (χ4n) is 2.42. The Labute approximate surface area is 133 Å². The van der Waals surface area contributed by atoms with Crippen LogP contribution in [0.4, 0.5) is 0 Å². The summed E-state index contributed by atoms with van der Waals surface area (Å²) in [4.78, 5) is 23.9. The van der Waals surface area contributed by atoms with Gasteiger partial charge in [-0.05, 0) is 43.2 Å². The van der Waals surface area contributed by atoms with Gasteiger partial charge in [-0.15, -0.1) is 0 Å². The van der Waals surface area contributed by atoms with E-state index in [1.807, 2.05) is 38.1 Å². The van der Waals surface area contributed by atoms with Crippen LogP contribution >= 0.6 is 0 Å². The van der Waals surface area contributed by atoms with E-state index in [9.17, 15) is 9.59 Å². The summed E-state index contributed by atoms with van der Waals surface area (Å²) in [5.41, 5.74) is 3.11. The minimum absolute atomic E-state index is 0.0941. The Morgan fingerprint density at radius 2 is 1.96 bits per heavy atom. The Morgan fingerprint density at radius 3 is 2.78 bits per heavy atom. The maximum atomic E-state index is 12.1. The number of nitrogens with zero attached hydrogens (tertiary/aromatic N) is 1. The standard InChI is InChI=1S/C18H17NO4/c1-12-7-8-13(2)16(11-12)22-17(20)9-10-19-14-5-3-4-6-15(14)23-18(19)21/h3-8,11H,9-10H2,1-2H3. The first-order valence-electron chi connectivity index (χ1n) is 7.41. The van der Waals surface area contributed by atoms with Crippen LogP contribution in [0.2, 0.25) is 0 Å². The summed E-state index contributed by atoms with van der Waals surface area (Å²) >= 11 is 0. The van der Waals surface area contributed by atoms with Crippen molar-refractivity contribution in [1.29, 1.82) is 0 Å². The van der Waals surface area contributed by atoms with Gasteiger partial charge in [-0.1, -0.05) is 24.3 Å². The summed E-state index contributed by atoms with van der Waals surface area (Å²) in [7, 11) is 0. The lowest BCUT2D eigenvalue weighted by Crippen LogP contribution is -2.18. The maximum absolute atomic E-state index is 12.1. The van der Waals surface area contributed by atoms with Gasteiger partial charge in [-0.25, -0.2) is 4.79 Å². The van der Waals surface area contributed by atoms with Gasteiger partial charge in [-0.2, -0.15) is 0 Å². The normalized spacial score (nSPS) is 10.9. The number of aromatic nitrogens is 1. The number of para-hydroxylation sites is 2. The van der Waals surface area contributed by atoms with Gasteiger partial charge >= 0.3 is 11.7 Å². The third kappa shape index (κ3) is 3.18. The molecule has 3 aromatic rings. The second kappa shape index (κ2) is 6.12. The monoisotopic (exact) mass is 311 g/mol. The lowest BCUT2D eigenvalue weighted by molar-refractivity contribution is -0.134. The van der Waals surface area contributed by atoms with E-state index in [0.29, 0.717) is 16.8 Å². The second-order valence-corrected chi connectivity index (χ2v) is 5.48. The SMILES string of the molecule is Cc1ccc(C)c(OC(=O)CCn2c(=O)oc3ccccc32)c1. The van der Waals surface area contributed by atoms with Gasteiger partial charge in [0.2, 0.25) is 0 Å². The highest BCUT2D eigenvalue weighted by molar-refractivity contribution is 5.74. The zero-order valence-corrected chi connectivity index (χ0v) is 13.0. The van der Waals surface area contributed by atoms with Gasteiger partial charge < -0.3 is 9.15 Å². The van der Waals surface area contributed by atoms with Crippen LogP contribution in [0, 0.1) is 13.8 Å². The van der Waals surface area contributed by atoms with Crippen molar-refractivity contribution in [2.24, 2.45) is 0 Å². The van der Waals surface area contributed by atoms with E-state index in [1.54, 1.807) is 18.2 Å². The minimum Gasteiger partial charge on any atom is -0.426 e. The van der Waals surface area contributed by atoms with E-state index < -0.39 is 5.76 Å². The third-order valence-corrected chi connectivity index (χ3v) is 3.68. The maximum Gasteiger partial charge on any atom is 0.419 e. The summed E-state index contributed by atoms with van der Waals surface area (Å²) in [5, 5.41) is 0. The van der Waals surface area contributed by atoms with E-state index in [1.165, 1.54) is 4.57 Å². The molecule has 118 valence electrons. The van der Waals surface area contributed by atoms with Crippen molar-refractivity contribution in [2.45, 2.75) is 26.8 Å². The second-order valence-electron chi connectivity index (χ2n) is 5.48. The van der Waals surface area contributed by atoms with E-state index in [4.69, 9.17) is 9.15 Å². The summed E-state index contributed by atoms with van der Waals surface area (Å²) in [6, 6.07) is 12.8. The largest absolute Gasteiger partial charge is 0.426 e. The Kier molecular flexibility index (Phi) is 4.02. The molecule has 1 aromatic heterocycles. The first kappa shape index (κ1) is 15.1. The Morgan fingerprint density at radius 1 is 1.17 bits per heavy atom. The van der Waals surface area contributed by atoms with Crippen molar-refractivity contribution in [3.05, 3.63) is 64.1 Å². The van der Waals surface area contributed by atoms with Crippen molar-refractivity contribution in [2.75, 3.05) is 0 Å². The molecule has 0 spiro atoms. The number of hydrogen-bond acceptors (Lipinski definition) is 4. The molecular weight excluding hydrogens is 294 g/mol. The molecule has 0 unspecified atom stereocenters. The smallest absolute Gasteiger partial charge is 0.419 e. The molecule has 0 amide bonds. The van der Waals surface area contributed by atoms with Crippen molar-refractivity contribution >= 4 is 17.1 Å². The summed E-state index contributed by atoms with van der Waals surface area (Å²) in [5.74, 6) is -0.291. The topological polar surface area (TPSA) is 61.4 Å². The number of carbonyl (C=O) groups is 1. The lowest BCUT2D eigenvalue weighted by atomic mass is 10.1. The average Bonchev–Trinajstić information content (AvgIpc) is 2.84. The minimum atomic E-state index is -0.467. The van der Waals surface area contributed by atoms with Crippen LogP contribution in [-0.4, -0.2) is 10.5 Å². The number of ether oxygens (including phenoxy) is 1. The van der Waals surface area contributed by atoms with Crippen LogP contribution in [0.1, 0.15) is 17.5 Å². The fraction of sp³-hybridized carbons (Fsp3) is 0.222. The predicted octanol–water partition coefficient (Wildman–Crippen LogP) is 3.21. The molecule has 0 saturated heterocycles. The molecule has 5 nitrogen and oxygen atoms in total. The highest BCUT2D eigenvalue weighted by Gasteiger charge is 2.12. The number of fused-ring (bicyclic) bond motifs is 1. The zero-order chi connectivity index (χ0) is 16.4. The fourth-order valence-corrected chi connectivity index (χ4v) is 2.42. The molecule has 2 aromatic carbocycles.